The first kappa shape index (κ1) is 24.1. The fourth-order valence-electron chi connectivity index (χ4n) is 3.58. The molecule has 2 atom stereocenters. The van der Waals surface area contributed by atoms with Crippen molar-refractivity contribution in [3.63, 3.8) is 0 Å². The Morgan fingerprint density at radius 3 is 2.48 bits per heavy atom. The van der Waals surface area contributed by atoms with Gasteiger partial charge in [0.1, 0.15) is 6.04 Å². The van der Waals surface area contributed by atoms with Crippen LogP contribution < -0.4 is 15.1 Å². The topological polar surface area (TPSA) is 211 Å². The number of nitrogens with one attached hydrogen (secondary N) is 3. The summed E-state index contributed by atoms with van der Waals surface area (Å²) in [6.45, 7) is 0.0674. The molecule has 0 bridgehead atoms. The van der Waals surface area contributed by atoms with E-state index < -0.39 is 57.6 Å². The van der Waals surface area contributed by atoms with Crippen molar-refractivity contribution in [3.8, 4) is 0 Å². The van der Waals surface area contributed by atoms with Crippen LogP contribution >= 0.6 is 0 Å². The number of rotatable bonds is 8. The summed E-state index contributed by atoms with van der Waals surface area (Å²) < 4.78 is 26.3. The Morgan fingerprint density at radius 1 is 1.26 bits per heavy atom. The van der Waals surface area contributed by atoms with Crippen LogP contribution in [-0.2, 0) is 34.0 Å². The summed E-state index contributed by atoms with van der Waals surface area (Å²) in [7, 11) is -4.13. The molecule has 2 heterocycles. The highest BCUT2D eigenvalue weighted by atomic mass is 32.2. The van der Waals surface area contributed by atoms with Gasteiger partial charge in [-0.2, -0.15) is 4.72 Å². The Morgan fingerprint density at radius 2 is 1.90 bits per heavy atom. The molecule has 2 fully saturated rings. The van der Waals surface area contributed by atoms with Crippen LogP contribution in [0, 0.1) is 5.53 Å². The molecule has 0 aliphatic carbocycles. The van der Waals surface area contributed by atoms with Crippen LogP contribution in [0.25, 0.3) is 0 Å². The van der Waals surface area contributed by atoms with Gasteiger partial charge in [-0.05, 0) is 19.3 Å². The number of hydrogen-bond donors (Lipinski definition) is 3. The molecular formula is C16H22N6O8S. The van der Waals surface area contributed by atoms with E-state index in [0.29, 0.717) is 6.21 Å². The first-order valence-corrected chi connectivity index (χ1v) is 11.2. The van der Waals surface area contributed by atoms with Crippen LogP contribution in [0.5, 0.6) is 0 Å². The summed E-state index contributed by atoms with van der Waals surface area (Å²) in [6.07, 6.45) is 0.230. The molecule has 0 saturated carbocycles. The van der Waals surface area contributed by atoms with Gasteiger partial charge in [0.25, 0.3) is 11.7 Å². The van der Waals surface area contributed by atoms with E-state index in [1.165, 1.54) is 0 Å². The van der Waals surface area contributed by atoms with E-state index in [1.807, 2.05) is 0 Å². The number of amides is 3. The largest absolute Gasteiger partial charge is 0.550 e. The normalized spacial score (nSPS) is 22.6. The van der Waals surface area contributed by atoms with Gasteiger partial charge < -0.3 is 15.2 Å². The summed E-state index contributed by atoms with van der Waals surface area (Å²) in [6, 6.07) is -1.74. The predicted octanol–water partition coefficient (Wildman–Crippen LogP) is -3.71. The number of hydrogen-bond acceptors (Lipinski definition) is 9. The molecule has 0 spiro atoms. The van der Waals surface area contributed by atoms with Crippen molar-refractivity contribution in [1.82, 2.24) is 20.1 Å². The van der Waals surface area contributed by atoms with Gasteiger partial charge in [0.15, 0.2) is 0 Å². The molecule has 0 aromatic carbocycles. The standard InChI is InChI=1S/C16H22N6O8S/c1-31(29,30)20-16(15(28)19-10(8-14(26)27)11(23)9-18-17)6-3-7-21-12(24)4-2-5-13(25)22(16)21/h9-10,17,20H,2-8H2,1H3,(H-,19,26,27,28). The molecule has 0 aromatic rings. The number of fused-ring (bicyclic) bond motifs is 1. The molecule has 2 aliphatic rings. The lowest BCUT2D eigenvalue weighted by molar-refractivity contribution is -0.306. The maximum atomic E-state index is 13.3. The van der Waals surface area contributed by atoms with Crippen LogP contribution in [0.15, 0.2) is 0 Å². The van der Waals surface area contributed by atoms with E-state index in [2.05, 4.69) is 14.8 Å². The molecule has 2 unspecified atom stereocenters. The number of carbonyl (C=O) groups is 5. The first-order chi connectivity index (χ1) is 14.4. The minimum atomic E-state index is -4.13. The average Bonchev–Trinajstić information content (AvgIpc) is 2.79. The van der Waals surface area contributed by atoms with Crippen LogP contribution in [0.1, 0.15) is 38.5 Å². The number of sulfonamides is 1. The van der Waals surface area contributed by atoms with E-state index in [4.69, 9.17) is 5.53 Å². The molecule has 3 amide bonds. The van der Waals surface area contributed by atoms with Crippen LogP contribution in [0.3, 0.4) is 0 Å². The van der Waals surface area contributed by atoms with Crippen LogP contribution in [-0.4, -0.2) is 83.4 Å². The Balaban J connectivity index is 2.55. The minimum Gasteiger partial charge on any atom is -0.550 e. The number of aliphatic carboxylic acids is 1. The van der Waals surface area contributed by atoms with E-state index in [0.717, 1.165) is 16.3 Å². The SMILES string of the molecule is CS(=O)(=O)NC1(C(=O)NC(CC(=O)[O-])C(=O)C=[N+]=N)CCCN2C(=O)CCCC(=O)N21. The number of nitrogens with zero attached hydrogens (tertiary/aromatic N) is 3. The van der Waals surface area contributed by atoms with Crippen molar-refractivity contribution in [2.24, 2.45) is 0 Å². The molecule has 2 aliphatic heterocycles. The van der Waals surface area contributed by atoms with Gasteiger partial charge in [0.2, 0.25) is 27.5 Å². The highest BCUT2D eigenvalue weighted by Crippen LogP contribution is 2.32. The molecular weight excluding hydrogens is 436 g/mol. The van der Waals surface area contributed by atoms with Crippen molar-refractivity contribution in [1.29, 1.82) is 5.53 Å². The zero-order chi connectivity index (χ0) is 23.4. The summed E-state index contributed by atoms with van der Waals surface area (Å²) >= 11 is 0. The molecule has 3 N–H and O–H groups in total. The summed E-state index contributed by atoms with van der Waals surface area (Å²) in [5, 5.41) is 14.9. The maximum absolute atomic E-state index is 13.3. The number of carbonyl (C=O) groups excluding carboxylic acids is 5. The average molecular weight is 458 g/mol. The second-order valence-electron chi connectivity index (χ2n) is 7.18. The van der Waals surface area contributed by atoms with Crippen molar-refractivity contribution < 1.29 is 42.3 Å². The summed E-state index contributed by atoms with van der Waals surface area (Å²) in [5.41, 5.74) is 4.42. The highest BCUT2D eigenvalue weighted by Gasteiger charge is 2.55. The number of hydrazine groups is 1. The highest BCUT2D eigenvalue weighted by molar-refractivity contribution is 7.88. The monoisotopic (exact) mass is 458 g/mol. The van der Waals surface area contributed by atoms with Gasteiger partial charge >= 0.3 is 6.21 Å². The number of carboxylic acids is 1. The zero-order valence-corrected chi connectivity index (χ0v) is 17.4. The van der Waals surface area contributed by atoms with Crippen LogP contribution in [0.2, 0.25) is 0 Å². The maximum Gasteiger partial charge on any atom is 0.374 e. The third-order valence-corrected chi connectivity index (χ3v) is 5.47. The van der Waals surface area contributed by atoms with Crippen molar-refractivity contribution in [3.05, 3.63) is 0 Å². The fourth-order valence-corrected chi connectivity index (χ4v) is 4.48. The van der Waals surface area contributed by atoms with E-state index in [1.54, 1.807) is 0 Å². The number of Topliss-reactive ketones (excluding diaryl/α,β-unsaturated/α-hetero) is 1. The molecule has 14 nitrogen and oxygen atoms in total. The third-order valence-electron chi connectivity index (χ3n) is 4.76. The second kappa shape index (κ2) is 9.32. The predicted molar refractivity (Wildman–Crippen MR) is 98.0 cm³/mol. The molecule has 15 heteroatoms. The van der Waals surface area contributed by atoms with Gasteiger partial charge in [-0.1, -0.05) is 0 Å². The van der Waals surface area contributed by atoms with Crippen molar-refractivity contribution in [2.75, 3.05) is 12.8 Å². The van der Waals surface area contributed by atoms with Gasteiger partial charge in [0.05, 0.1) is 16.6 Å². The lowest BCUT2D eigenvalue weighted by atomic mass is 9.98. The van der Waals surface area contributed by atoms with Gasteiger partial charge in [-0.25, -0.2) is 18.4 Å². The smallest absolute Gasteiger partial charge is 0.374 e. The van der Waals surface area contributed by atoms with Gasteiger partial charge in [0, 0.05) is 31.8 Å². The fraction of sp³-hybridized carbons (Fsp3) is 0.625. The Hall–Kier alpha value is -3.16. The van der Waals surface area contributed by atoms with Gasteiger partial charge in [-0.15, -0.1) is 0 Å². The molecule has 170 valence electrons. The van der Waals surface area contributed by atoms with Crippen molar-refractivity contribution in [2.45, 2.75) is 50.2 Å². The van der Waals surface area contributed by atoms with Gasteiger partial charge in [-0.3, -0.25) is 19.2 Å². The molecule has 2 rings (SSSR count). The lowest BCUT2D eigenvalue weighted by Gasteiger charge is -2.50. The lowest BCUT2D eigenvalue weighted by Crippen LogP contribution is -2.76. The van der Waals surface area contributed by atoms with E-state index in [9.17, 15) is 37.5 Å². The Labute approximate surface area is 177 Å². The quantitative estimate of drug-likeness (QED) is 0.186. The Kier molecular flexibility index (Phi) is 7.25. The van der Waals surface area contributed by atoms with E-state index in [-0.39, 0.29) is 38.6 Å². The Bertz CT molecular complexity index is 959. The molecule has 2 saturated heterocycles. The number of ketones is 1. The summed E-state index contributed by atoms with van der Waals surface area (Å²) in [5.74, 6) is -5.13. The van der Waals surface area contributed by atoms with Crippen molar-refractivity contribution >= 4 is 45.7 Å². The first-order valence-electron chi connectivity index (χ1n) is 9.28. The zero-order valence-electron chi connectivity index (χ0n) is 16.6. The second-order valence-corrected chi connectivity index (χ2v) is 8.93. The van der Waals surface area contributed by atoms with Crippen LogP contribution in [0.4, 0.5) is 0 Å². The minimum absolute atomic E-state index is 0.0184. The number of carboxylic acid groups (broad SMARTS) is 1. The third kappa shape index (κ3) is 5.51. The summed E-state index contributed by atoms with van der Waals surface area (Å²) in [4.78, 5) is 64.4. The molecule has 31 heavy (non-hydrogen) atoms. The molecule has 0 radical (unpaired) electrons. The molecule has 0 aromatic heterocycles. The van der Waals surface area contributed by atoms with E-state index >= 15 is 0 Å².